The lowest BCUT2D eigenvalue weighted by Crippen LogP contribution is -2.37. The van der Waals surface area contributed by atoms with Gasteiger partial charge >= 0.3 is 0 Å². The van der Waals surface area contributed by atoms with E-state index in [2.05, 4.69) is 15.5 Å². The minimum absolute atomic E-state index is 0.115. The van der Waals surface area contributed by atoms with Crippen LogP contribution in [-0.4, -0.2) is 22.2 Å². The Bertz CT molecular complexity index is 909. The number of carbonyl (C=O) groups is 1. The van der Waals surface area contributed by atoms with Gasteiger partial charge in [-0.1, -0.05) is 53.5 Å². The van der Waals surface area contributed by atoms with Crippen molar-refractivity contribution < 1.29 is 14.1 Å². The van der Waals surface area contributed by atoms with Gasteiger partial charge in [-0.25, -0.2) is 0 Å². The van der Waals surface area contributed by atoms with Gasteiger partial charge in [-0.15, -0.1) is 0 Å². The number of aryl methyl sites for hydroxylation is 1. The first kappa shape index (κ1) is 18.9. The summed E-state index contributed by atoms with van der Waals surface area (Å²) in [7, 11) is 0. The molecule has 140 valence electrons. The quantitative estimate of drug-likeness (QED) is 0.660. The summed E-state index contributed by atoms with van der Waals surface area (Å²) in [5, 5.41) is 7.21. The molecule has 1 atom stereocenters. The van der Waals surface area contributed by atoms with Crippen LogP contribution in [0.1, 0.15) is 24.8 Å². The van der Waals surface area contributed by atoms with Crippen LogP contribution in [0.3, 0.4) is 0 Å². The van der Waals surface area contributed by atoms with E-state index >= 15 is 0 Å². The molecule has 0 aliphatic heterocycles. The van der Waals surface area contributed by atoms with Crippen molar-refractivity contribution in [3.63, 3.8) is 0 Å². The second kappa shape index (κ2) is 8.68. The largest absolute Gasteiger partial charge is 0.481 e. The minimum atomic E-state index is -0.598. The monoisotopic (exact) mass is 385 g/mol. The fourth-order valence-electron chi connectivity index (χ4n) is 2.46. The summed E-state index contributed by atoms with van der Waals surface area (Å²) in [6.45, 7) is 4.00. The van der Waals surface area contributed by atoms with Crippen LogP contribution in [0, 0.1) is 6.92 Å². The maximum atomic E-state index is 12.4. The van der Waals surface area contributed by atoms with E-state index in [0.29, 0.717) is 34.5 Å². The SMILES string of the molecule is CC[C@H](Oc1ccc(C)cc1)C(=O)NCc1nc(-c2ccccc2Cl)no1. The number of rotatable bonds is 7. The fourth-order valence-corrected chi connectivity index (χ4v) is 2.68. The zero-order valence-electron chi connectivity index (χ0n) is 15.1. The van der Waals surface area contributed by atoms with Gasteiger partial charge in [0.1, 0.15) is 5.75 Å². The number of hydrogen-bond donors (Lipinski definition) is 1. The fraction of sp³-hybridized carbons (Fsp3) is 0.250. The van der Waals surface area contributed by atoms with Crippen LogP contribution < -0.4 is 10.1 Å². The number of nitrogens with zero attached hydrogens (tertiary/aromatic N) is 2. The predicted molar refractivity (Wildman–Crippen MR) is 102 cm³/mol. The second-order valence-corrected chi connectivity index (χ2v) is 6.44. The Labute approximate surface area is 162 Å². The number of amides is 1. The van der Waals surface area contributed by atoms with Crippen LogP contribution in [-0.2, 0) is 11.3 Å². The van der Waals surface area contributed by atoms with Crippen molar-refractivity contribution in [2.45, 2.75) is 32.9 Å². The van der Waals surface area contributed by atoms with Gasteiger partial charge in [-0.2, -0.15) is 4.98 Å². The molecule has 0 fully saturated rings. The Kier molecular flexibility index (Phi) is 6.08. The first-order valence-corrected chi connectivity index (χ1v) is 9.03. The lowest BCUT2D eigenvalue weighted by atomic mass is 10.2. The van der Waals surface area contributed by atoms with Gasteiger partial charge in [0.05, 0.1) is 11.6 Å². The lowest BCUT2D eigenvalue weighted by Gasteiger charge is -2.16. The van der Waals surface area contributed by atoms with E-state index in [1.807, 2.05) is 50.2 Å². The van der Waals surface area contributed by atoms with Gasteiger partial charge in [-0.3, -0.25) is 4.79 Å². The summed E-state index contributed by atoms with van der Waals surface area (Å²) in [5.41, 5.74) is 1.81. The van der Waals surface area contributed by atoms with Crippen molar-refractivity contribution in [1.29, 1.82) is 0 Å². The van der Waals surface area contributed by atoms with Gasteiger partial charge in [0.15, 0.2) is 6.10 Å². The first-order chi connectivity index (χ1) is 13.1. The molecule has 7 heteroatoms. The molecule has 0 bridgehead atoms. The molecule has 0 aliphatic carbocycles. The lowest BCUT2D eigenvalue weighted by molar-refractivity contribution is -0.128. The number of benzene rings is 2. The molecule has 6 nitrogen and oxygen atoms in total. The molecule has 3 rings (SSSR count). The number of hydrogen-bond acceptors (Lipinski definition) is 5. The smallest absolute Gasteiger partial charge is 0.261 e. The van der Waals surface area contributed by atoms with E-state index in [1.165, 1.54) is 0 Å². The van der Waals surface area contributed by atoms with Crippen molar-refractivity contribution in [1.82, 2.24) is 15.5 Å². The van der Waals surface area contributed by atoms with Crippen LogP contribution in [0.25, 0.3) is 11.4 Å². The molecular weight excluding hydrogens is 366 g/mol. The molecule has 1 aromatic heterocycles. The van der Waals surface area contributed by atoms with Gasteiger partial charge in [0, 0.05) is 5.56 Å². The Hall–Kier alpha value is -2.86. The minimum Gasteiger partial charge on any atom is -0.481 e. The first-order valence-electron chi connectivity index (χ1n) is 8.65. The average Bonchev–Trinajstić information content (AvgIpc) is 3.15. The van der Waals surface area contributed by atoms with Crippen molar-refractivity contribution in [2.24, 2.45) is 0 Å². The van der Waals surface area contributed by atoms with Gasteiger partial charge in [0.2, 0.25) is 11.7 Å². The molecule has 3 aromatic rings. The summed E-state index contributed by atoms with van der Waals surface area (Å²) in [6, 6.07) is 14.8. The normalized spacial score (nSPS) is 11.8. The molecule has 0 radical (unpaired) electrons. The Morgan fingerprint density at radius 2 is 1.96 bits per heavy atom. The molecule has 0 aliphatic rings. The Morgan fingerprint density at radius 3 is 2.67 bits per heavy atom. The van der Waals surface area contributed by atoms with Crippen molar-refractivity contribution in [3.05, 3.63) is 65.0 Å². The highest BCUT2D eigenvalue weighted by Crippen LogP contribution is 2.24. The summed E-state index contributed by atoms with van der Waals surface area (Å²) in [5.74, 6) is 1.09. The Morgan fingerprint density at radius 1 is 1.22 bits per heavy atom. The molecule has 0 saturated carbocycles. The second-order valence-electron chi connectivity index (χ2n) is 6.04. The highest BCUT2D eigenvalue weighted by atomic mass is 35.5. The third kappa shape index (κ3) is 4.86. The molecule has 1 amide bonds. The maximum Gasteiger partial charge on any atom is 0.261 e. The van der Waals surface area contributed by atoms with Crippen molar-refractivity contribution in [2.75, 3.05) is 0 Å². The third-order valence-electron chi connectivity index (χ3n) is 3.96. The van der Waals surface area contributed by atoms with E-state index < -0.39 is 6.10 Å². The number of ether oxygens (including phenoxy) is 1. The highest BCUT2D eigenvalue weighted by Gasteiger charge is 2.19. The Balaban J connectivity index is 1.59. The molecule has 1 heterocycles. The maximum absolute atomic E-state index is 12.4. The van der Waals surface area contributed by atoms with Crippen molar-refractivity contribution >= 4 is 17.5 Å². The summed E-state index contributed by atoms with van der Waals surface area (Å²) in [4.78, 5) is 16.7. The molecule has 1 N–H and O–H groups in total. The highest BCUT2D eigenvalue weighted by molar-refractivity contribution is 6.33. The van der Waals surface area contributed by atoms with Gasteiger partial charge in [-0.05, 0) is 37.6 Å². The van der Waals surface area contributed by atoms with E-state index in [0.717, 1.165) is 5.56 Å². The van der Waals surface area contributed by atoms with Crippen LogP contribution in [0.2, 0.25) is 5.02 Å². The van der Waals surface area contributed by atoms with E-state index in [-0.39, 0.29) is 12.5 Å². The van der Waals surface area contributed by atoms with E-state index in [9.17, 15) is 4.79 Å². The molecule has 0 spiro atoms. The average molecular weight is 386 g/mol. The zero-order chi connectivity index (χ0) is 19.2. The summed E-state index contributed by atoms with van der Waals surface area (Å²) < 4.78 is 11.0. The summed E-state index contributed by atoms with van der Waals surface area (Å²) in [6.07, 6.45) is -0.0623. The number of carbonyl (C=O) groups excluding carboxylic acids is 1. The van der Waals surface area contributed by atoms with Gasteiger partial charge in [0.25, 0.3) is 5.91 Å². The molecular formula is C20H20ClN3O3. The van der Waals surface area contributed by atoms with Crippen molar-refractivity contribution in [3.8, 4) is 17.1 Å². The number of aromatic nitrogens is 2. The topological polar surface area (TPSA) is 77.2 Å². The molecule has 0 saturated heterocycles. The molecule has 2 aromatic carbocycles. The standard InChI is InChI=1S/C20H20ClN3O3/c1-3-17(26-14-10-8-13(2)9-11-14)20(25)22-12-18-23-19(24-27-18)15-6-4-5-7-16(15)21/h4-11,17H,3,12H2,1-2H3,(H,22,25)/t17-/m0/s1. The molecule has 0 unspecified atom stereocenters. The molecule has 27 heavy (non-hydrogen) atoms. The number of halogens is 1. The van der Waals surface area contributed by atoms with Crippen LogP contribution in [0.4, 0.5) is 0 Å². The van der Waals surface area contributed by atoms with E-state index in [4.69, 9.17) is 20.9 Å². The summed E-state index contributed by atoms with van der Waals surface area (Å²) >= 11 is 6.13. The zero-order valence-corrected chi connectivity index (χ0v) is 15.9. The van der Waals surface area contributed by atoms with Crippen LogP contribution in [0.15, 0.2) is 53.1 Å². The number of nitrogens with one attached hydrogen (secondary N) is 1. The van der Waals surface area contributed by atoms with Crippen LogP contribution in [0.5, 0.6) is 5.75 Å². The van der Waals surface area contributed by atoms with E-state index in [1.54, 1.807) is 12.1 Å². The predicted octanol–water partition coefficient (Wildman–Crippen LogP) is 4.17. The van der Waals surface area contributed by atoms with Gasteiger partial charge < -0.3 is 14.6 Å². The van der Waals surface area contributed by atoms with Crippen LogP contribution >= 0.6 is 11.6 Å². The third-order valence-corrected chi connectivity index (χ3v) is 4.29.